The standard InChI is InChI=1S/C20H29N3O2/c1-4-11-23-12-9-16(10-13-23)22-20(24)21-15(3)19-14(2)17-7-5-6-8-18(17)25-19/h5-8,15-16H,4,9-13H2,1-3H3,(H2,21,22,24). The van der Waals surface area contributed by atoms with Crippen LogP contribution < -0.4 is 10.6 Å². The van der Waals surface area contributed by atoms with Crippen molar-refractivity contribution in [2.24, 2.45) is 0 Å². The van der Waals surface area contributed by atoms with Gasteiger partial charge in [0.25, 0.3) is 0 Å². The lowest BCUT2D eigenvalue weighted by Crippen LogP contribution is -2.48. The Kier molecular flexibility index (Phi) is 5.63. The maximum absolute atomic E-state index is 12.4. The molecule has 2 heterocycles. The zero-order valence-electron chi connectivity index (χ0n) is 15.5. The number of amides is 2. The number of nitrogens with zero attached hydrogens (tertiary/aromatic N) is 1. The van der Waals surface area contributed by atoms with E-state index in [1.54, 1.807) is 0 Å². The van der Waals surface area contributed by atoms with Crippen LogP contribution in [0.4, 0.5) is 4.79 Å². The lowest BCUT2D eigenvalue weighted by Gasteiger charge is -2.32. The molecule has 0 aliphatic carbocycles. The van der Waals surface area contributed by atoms with Crippen molar-refractivity contribution in [2.45, 2.75) is 52.1 Å². The fourth-order valence-electron chi connectivity index (χ4n) is 3.71. The van der Waals surface area contributed by atoms with Gasteiger partial charge in [-0.2, -0.15) is 0 Å². The van der Waals surface area contributed by atoms with Crippen molar-refractivity contribution < 1.29 is 9.21 Å². The van der Waals surface area contributed by atoms with E-state index in [9.17, 15) is 4.79 Å². The van der Waals surface area contributed by atoms with Crippen molar-refractivity contribution in [1.29, 1.82) is 0 Å². The van der Waals surface area contributed by atoms with E-state index in [4.69, 9.17) is 4.42 Å². The molecule has 1 saturated heterocycles. The van der Waals surface area contributed by atoms with Crippen LogP contribution in [0.15, 0.2) is 28.7 Å². The van der Waals surface area contributed by atoms with Gasteiger partial charge in [-0.15, -0.1) is 0 Å². The molecule has 136 valence electrons. The fourth-order valence-corrected chi connectivity index (χ4v) is 3.71. The zero-order chi connectivity index (χ0) is 17.8. The summed E-state index contributed by atoms with van der Waals surface area (Å²) in [5, 5.41) is 7.25. The topological polar surface area (TPSA) is 57.5 Å². The molecule has 2 N–H and O–H groups in total. The Morgan fingerprint density at radius 2 is 2.04 bits per heavy atom. The van der Waals surface area contributed by atoms with Crippen molar-refractivity contribution >= 4 is 17.0 Å². The smallest absolute Gasteiger partial charge is 0.315 e. The molecule has 3 rings (SSSR count). The van der Waals surface area contributed by atoms with Gasteiger partial charge in [0.15, 0.2) is 0 Å². The summed E-state index contributed by atoms with van der Waals surface area (Å²) in [6.07, 6.45) is 3.23. The molecule has 1 aliphatic heterocycles. The Labute approximate surface area is 149 Å². The van der Waals surface area contributed by atoms with E-state index in [-0.39, 0.29) is 18.1 Å². The number of furan rings is 1. The molecule has 25 heavy (non-hydrogen) atoms. The monoisotopic (exact) mass is 343 g/mol. The molecule has 1 aromatic carbocycles. The van der Waals surface area contributed by atoms with Gasteiger partial charge < -0.3 is 20.0 Å². The Morgan fingerprint density at radius 3 is 2.72 bits per heavy atom. The molecule has 0 spiro atoms. The molecular formula is C20H29N3O2. The molecule has 2 aromatic rings. The summed E-state index contributed by atoms with van der Waals surface area (Å²) < 4.78 is 5.94. The van der Waals surface area contributed by atoms with Crippen LogP contribution in [0, 0.1) is 6.92 Å². The summed E-state index contributed by atoms with van der Waals surface area (Å²) in [4.78, 5) is 14.8. The van der Waals surface area contributed by atoms with E-state index in [0.717, 1.165) is 54.8 Å². The van der Waals surface area contributed by atoms with Crippen molar-refractivity contribution in [2.75, 3.05) is 19.6 Å². The van der Waals surface area contributed by atoms with Crippen molar-refractivity contribution in [1.82, 2.24) is 15.5 Å². The minimum atomic E-state index is -0.160. The second-order valence-electron chi connectivity index (χ2n) is 7.04. The molecule has 1 fully saturated rings. The Hall–Kier alpha value is -2.01. The molecule has 1 aliphatic rings. The van der Waals surface area contributed by atoms with Crippen LogP contribution in [-0.2, 0) is 0 Å². The van der Waals surface area contributed by atoms with Gasteiger partial charge in [-0.1, -0.05) is 25.1 Å². The zero-order valence-corrected chi connectivity index (χ0v) is 15.5. The van der Waals surface area contributed by atoms with Gasteiger partial charge in [0.2, 0.25) is 0 Å². The number of likely N-dealkylation sites (tertiary alicyclic amines) is 1. The van der Waals surface area contributed by atoms with Crippen LogP contribution in [-0.4, -0.2) is 36.6 Å². The molecule has 1 atom stereocenters. The SMILES string of the molecule is CCCN1CCC(NC(=O)NC(C)c2oc3ccccc3c2C)CC1. The summed E-state index contributed by atoms with van der Waals surface area (Å²) in [6.45, 7) is 9.50. The first-order valence-corrected chi connectivity index (χ1v) is 9.36. The summed E-state index contributed by atoms with van der Waals surface area (Å²) in [6, 6.07) is 7.97. The Morgan fingerprint density at radius 1 is 1.32 bits per heavy atom. The van der Waals surface area contributed by atoms with Gasteiger partial charge in [0.1, 0.15) is 11.3 Å². The van der Waals surface area contributed by atoms with E-state index >= 15 is 0 Å². The average Bonchev–Trinajstić information content (AvgIpc) is 2.94. The lowest BCUT2D eigenvalue weighted by molar-refractivity contribution is 0.191. The normalized spacial score (nSPS) is 17.6. The minimum absolute atomic E-state index is 0.110. The van der Waals surface area contributed by atoms with Crippen molar-refractivity contribution in [3.05, 3.63) is 35.6 Å². The van der Waals surface area contributed by atoms with Gasteiger partial charge in [0.05, 0.1) is 6.04 Å². The van der Waals surface area contributed by atoms with Gasteiger partial charge >= 0.3 is 6.03 Å². The third-order valence-electron chi connectivity index (χ3n) is 5.08. The number of benzene rings is 1. The minimum Gasteiger partial charge on any atom is -0.459 e. The number of urea groups is 1. The number of aryl methyl sites for hydroxylation is 1. The number of carbonyl (C=O) groups excluding carboxylic acids is 1. The molecule has 1 aromatic heterocycles. The van der Waals surface area contributed by atoms with Crippen LogP contribution in [0.3, 0.4) is 0 Å². The van der Waals surface area contributed by atoms with Gasteiger partial charge in [-0.05, 0) is 45.7 Å². The van der Waals surface area contributed by atoms with E-state index in [2.05, 4.69) is 28.5 Å². The predicted octanol–water partition coefficient (Wildman–Crippen LogP) is 3.98. The second-order valence-corrected chi connectivity index (χ2v) is 7.04. The van der Waals surface area contributed by atoms with Crippen LogP contribution in [0.25, 0.3) is 11.0 Å². The van der Waals surface area contributed by atoms with Crippen molar-refractivity contribution in [3.63, 3.8) is 0 Å². The van der Waals surface area contributed by atoms with Crippen LogP contribution in [0.1, 0.15) is 50.5 Å². The van der Waals surface area contributed by atoms with Crippen LogP contribution in [0.5, 0.6) is 0 Å². The number of nitrogens with one attached hydrogen (secondary N) is 2. The first kappa shape index (κ1) is 17.8. The maximum atomic E-state index is 12.4. The second kappa shape index (κ2) is 7.91. The lowest BCUT2D eigenvalue weighted by atomic mass is 10.1. The molecular weight excluding hydrogens is 314 g/mol. The molecule has 5 heteroatoms. The first-order valence-electron chi connectivity index (χ1n) is 9.36. The third-order valence-corrected chi connectivity index (χ3v) is 5.08. The molecule has 0 saturated carbocycles. The molecule has 0 bridgehead atoms. The number of piperidine rings is 1. The number of rotatable bonds is 5. The summed E-state index contributed by atoms with van der Waals surface area (Å²) in [7, 11) is 0. The number of carbonyl (C=O) groups is 1. The molecule has 5 nitrogen and oxygen atoms in total. The number of hydrogen-bond donors (Lipinski definition) is 2. The number of para-hydroxylation sites is 1. The maximum Gasteiger partial charge on any atom is 0.315 e. The highest BCUT2D eigenvalue weighted by atomic mass is 16.3. The highest BCUT2D eigenvalue weighted by molar-refractivity contribution is 5.82. The first-order chi connectivity index (χ1) is 12.1. The largest absolute Gasteiger partial charge is 0.459 e. The number of hydrogen-bond acceptors (Lipinski definition) is 3. The molecule has 0 radical (unpaired) electrons. The fraction of sp³-hybridized carbons (Fsp3) is 0.550. The Balaban J connectivity index is 1.55. The highest BCUT2D eigenvalue weighted by Gasteiger charge is 2.22. The number of fused-ring (bicyclic) bond motifs is 1. The van der Waals surface area contributed by atoms with Gasteiger partial charge in [-0.25, -0.2) is 4.79 Å². The third kappa shape index (κ3) is 4.15. The van der Waals surface area contributed by atoms with Crippen molar-refractivity contribution in [3.8, 4) is 0 Å². The summed E-state index contributed by atoms with van der Waals surface area (Å²) >= 11 is 0. The van der Waals surface area contributed by atoms with E-state index in [1.807, 2.05) is 32.0 Å². The predicted molar refractivity (Wildman–Crippen MR) is 101 cm³/mol. The highest BCUT2D eigenvalue weighted by Crippen LogP contribution is 2.29. The summed E-state index contributed by atoms with van der Waals surface area (Å²) in [5.41, 5.74) is 1.96. The van der Waals surface area contributed by atoms with Gasteiger partial charge in [-0.3, -0.25) is 0 Å². The summed E-state index contributed by atoms with van der Waals surface area (Å²) in [5.74, 6) is 0.828. The van der Waals surface area contributed by atoms with E-state index in [0.29, 0.717) is 0 Å². The van der Waals surface area contributed by atoms with E-state index < -0.39 is 0 Å². The van der Waals surface area contributed by atoms with E-state index in [1.165, 1.54) is 6.42 Å². The average molecular weight is 343 g/mol. The van der Waals surface area contributed by atoms with Gasteiger partial charge in [0, 0.05) is 30.1 Å². The molecule has 1 unspecified atom stereocenters. The Bertz CT molecular complexity index is 717. The molecule has 2 amide bonds. The quantitative estimate of drug-likeness (QED) is 0.863. The van der Waals surface area contributed by atoms with Crippen LogP contribution in [0.2, 0.25) is 0 Å². The van der Waals surface area contributed by atoms with Crippen LogP contribution >= 0.6 is 0 Å².